The van der Waals surface area contributed by atoms with Gasteiger partial charge in [-0.15, -0.1) is 0 Å². The van der Waals surface area contributed by atoms with Crippen molar-refractivity contribution in [3.05, 3.63) is 12.2 Å². The van der Waals surface area contributed by atoms with Crippen LogP contribution in [0.2, 0.25) is 0 Å². The summed E-state index contributed by atoms with van der Waals surface area (Å²) < 4.78 is 0. The molecule has 0 saturated heterocycles. The van der Waals surface area contributed by atoms with Crippen LogP contribution in [0.3, 0.4) is 0 Å². The van der Waals surface area contributed by atoms with Gasteiger partial charge in [-0.1, -0.05) is 18.6 Å². The summed E-state index contributed by atoms with van der Waals surface area (Å²) in [6, 6.07) is 0. The van der Waals surface area contributed by atoms with Crippen molar-refractivity contribution in [1.82, 2.24) is 0 Å². The van der Waals surface area contributed by atoms with Crippen LogP contribution in [0.25, 0.3) is 0 Å². The third-order valence-corrected chi connectivity index (χ3v) is 2.95. The molecule has 1 rings (SSSR count). The van der Waals surface area contributed by atoms with E-state index >= 15 is 0 Å². The summed E-state index contributed by atoms with van der Waals surface area (Å²) in [4.78, 5) is 11.1. The van der Waals surface area contributed by atoms with Gasteiger partial charge in [0.2, 0.25) is 0 Å². The summed E-state index contributed by atoms with van der Waals surface area (Å²) in [6.07, 6.45) is 4.57. The van der Waals surface area contributed by atoms with E-state index in [2.05, 4.69) is 13.5 Å². The maximum atomic E-state index is 11.1. The summed E-state index contributed by atoms with van der Waals surface area (Å²) in [5.41, 5.74) is 1.25. The van der Waals surface area contributed by atoms with Crippen molar-refractivity contribution in [3.8, 4) is 0 Å². The van der Waals surface area contributed by atoms with Crippen molar-refractivity contribution in [1.29, 1.82) is 0 Å². The van der Waals surface area contributed by atoms with E-state index in [9.17, 15) is 4.79 Å². The Kier molecular flexibility index (Phi) is 3.07. The number of Topliss-reactive ketones (excluding diaryl/α,β-unsaturated/α-hetero) is 1. The van der Waals surface area contributed by atoms with Crippen molar-refractivity contribution in [2.24, 2.45) is 11.8 Å². The SMILES string of the molecule is C=C(C)C1CCCC(C(C)=O)C1. The number of hydrogen-bond acceptors (Lipinski definition) is 1. The molecule has 2 atom stereocenters. The average molecular weight is 166 g/mol. The lowest BCUT2D eigenvalue weighted by molar-refractivity contribution is -0.121. The molecular formula is C11H18O. The Balaban J connectivity index is 2.51. The van der Waals surface area contributed by atoms with E-state index in [1.165, 1.54) is 18.4 Å². The van der Waals surface area contributed by atoms with Gasteiger partial charge in [0.25, 0.3) is 0 Å². The van der Waals surface area contributed by atoms with Crippen LogP contribution >= 0.6 is 0 Å². The molecule has 2 unspecified atom stereocenters. The van der Waals surface area contributed by atoms with Crippen LogP contribution in [-0.2, 0) is 4.79 Å². The van der Waals surface area contributed by atoms with Crippen molar-refractivity contribution in [3.63, 3.8) is 0 Å². The summed E-state index contributed by atoms with van der Waals surface area (Å²) >= 11 is 0. The Morgan fingerprint density at radius 3 is 2.33 bits per heavy atom. The van der Waals surface area contributed by atoms with Crippen molar-refractivity contribution in [2.45, 2.75) is 39.5 Å². The molecule has 1 fully saturated rings. The molecule has 68 valence electrons. The van der Waals surface area contributed by atoms with Gasteiger partial charge in [-0.25, -0.2) is 0 Å². The third-order valence-electron chi connectivity index (χ3n) is 2.95. The Morgan fingerprint density at radius 1 is 1.25 bits per heavy atom. The number of hydrogen-bond donors (Lipinski definition) is 0. The fourth-order valence-corrected chi connectivity index (χ4v) is 2.01. The van der Waals surface area contributed by atoms with Crippen molar-refractivity contribution < 1.29 is 4.79 Å². The molecule has 0 spiro atoms. The fraction of sp³-hybridized carbons (Fsp3) is 0.727. The molecule has 0 amide bonds. The predicted octanol–water partition coefficient (Wildman–Crippen LogP) is 2.96. The highest BCUT2D eigenvalue weighted by Gasteiger charge is 2.24. The third kappa shape index (κ3) is 2.20. The summed E-state index contributed by atoms with van der Waals surface area (Å²) in [5, 5.41) is 0. The van der Waals surface area contributed by atoms with Crippen LogP contribution in [0.15, 0.2) is 12.2 Å². The molecule has 0 aromatic heterocycles. The Bertz CT molecular complexity index is 173. The summed E-state index contributed by atoms with van der Waals surface area (Å²) in [6.45, 7) is 7.75. The quantitative estimate of drug-likeness (QED) is 0.576. The zero-order chi connectivity index (χ0) is 9.14. The lowest BCUT2D eigenvalue weighted by atomic mass is 9.77. The van der Waals surface area contributed by atoms with E-state index in [1.807, 2.05) is 0 Å². The molecule has 0 aromatic rings. The largest absolute Gasteiger partial charge is 0.300 e. The van der Waals surface area contributed by atoms with Crippen LogP contribution in [0.5, 0.6) is 0 Å². The first-order chi connectivity index (χ1) is 5.61. The minimum Gasteiger partial charge on any atom is -0.300 e. The molecule has 0 aromatic carbocycles. The molecule has 0 heterocycles. The predicted molar refractivity (Wildman–Crippen MR) is 50.9 cm³/mol. The van der Waals surface area contributed by atoms with E-state index in [-0.39, 0.29) is 0 Å². The number of ketones is 1. The maximum Gasteiger partial charge on any atom is 0.132 e. The molecule has 1 nitrogen and oxygen atoms in total. The Hall–Kier alpha value is -0.590. The summed E-state index contributed by atoms with van der Waals surface area (Å²) in [7, 11) is 0. The highest BCUT2D eigenvalue weighted by Crippen LogP contribution is 2.33. The van der Waals surface area contributed by atoms with Gasteiger partial charge in [0, 0.05) is 5.92 Å². The van der Waals surface area contributed by atoms with Gasteiger partial charge in [-0.2, -0.15) is 0 Å². The first-order valence-corrected chi connectivity index (χ1v) is 4.77. The zero-order valence-electron chi connectivity index (χ0n) is 8.10. The number of allylic oxidation sites excluding steroid dienone is 1. The van der Waals surface area contributed by atoms with Gasteiger partial charge in [-0.05, 0) is 39.0 Å². The second kappa shape index (κ2) is 3.88. The molecule has 1 heteroatoms. The van der Waals surface area contributed by atoms with Crippen LogP contribution in [0.1, 0.15) is 39.5 Å². The van der Waals surface area contributed by atoms with E-state index < -0.39 is 0 Å². The second-order valence-corrected chi connectivity index (χ2v) is 4.02. The number of carbonyl (C=O) groups excluding carboxylic acids is 1. The van der Waals surface area contributed by atoms with Crippen molar-refractivity contribution >= 4 is 5.78 Å². The first kappa shape index (κ1) is 9.50. The fourth-order valence-electron chi connectivity index (χ4n) is 2.01. The van der Waals surface area contributed by atoms with Gasteiger partial charge in [0.05, 0.1) is 0 Å². The highest BCUT2D eigenvalue weighted by molar-refractivity contribution is 5.78. The van der Waals surface area contributed by atoms with E-state index in [0.29, 0.717) is 17.6 Å². The van der Waals surface area contributed by atoms with Gasteiger partial charge in [0.15, 0.2) is 0 Å². The van der Waals surface area contributed by atoms with Crippen LogP contribution in [0.4, 0.5) is 0 Å². The normalized spacial score (nSPS) is 29.8. The minimum absolute atomic E-state index is 0.320. The topological polar surface area (TPSA) is 17.1 Å². The molecular weight excluding hydrogens is 148 g/mol. The van der Waals surface area contributed by atoms with Gasteiger partial charge in [-0.3, -0.25) is 4.79 Å². The molecule has 0 radical (unpaired) electrons. The van der Waals surface area contributed by atoms with Gasteiger partial charge in [0.1, 0.15) is 5.78 Å². The van der Waals surface area contributed by atoms with Crippen LogP contribution in [0, 0.1) is 11.8 Å². The molecule has 0 bridgehead atoms. The van der Waals surface area contributed by atoms with E-state index in [4.69, 9.17) is 0 Å². The zero-order valence-corrected chi connectivity index (χ0v) is 8.10. The maximum absolute atomic E-state index is 11.1. The van der Waals surface area contributed by atoms with Crippen LogP contribution in [-0.4, -0.2) is 5.78 Å². The van der Waals surface area contributed by atoms with Crippen molar-refractivity contribution in [2.75, 3.05) is 0 Å². The molecule has 1 aliphatic carbocycles. The van der Waals surface area contributed by atoms with E-state index in [0.717, 1.165) is 12.8 Å². The summed E-state index contributed by atoms with van der Waals surface area (Å²) in [5.74, 6) is 1.29. The molecule has 0 aliphatic heterocycles. The first-order valence-electron chi connectivity index (χ1n) is 4.77. The second-order valence-electron chi connectivity index (χ2n) is 4.02. The molecule has 1 saturated carbocycles. The Morgan fingerprint density at radius 2 is 1.83 bits per heavy atom. The standard InChI is InChI=1S/C11H18O/c1-8(2)10-5-4-6-11(7-10)9(3)12/h10-11H,1,4-7H2,2-3H3. The monoisotopic (exact) mass is 166 g/mol. The number of carbonyl (C=O) groups is 1. The number of rotatable bonds is 2. The lowest BCUT2D eigenvalue weighted by Crippen LogP contribution is -2.21. The minimum atomic E-state index is 0.320. The highest BCUT2D eigenvalue weighted by atomic mass is 16.1. The lowest BCUT2D eigenvalue weighted by Gasteiger charge is -2.27. The average Bonchev–Trinajstić information content (AvgIpc) is 2.04. The molecule has 12 heavy (non-hydrogen) atoms. The Labute approximate surface area is 74.9 Å². The molecule has 1 aliphatic rings. The van der Waals surface area contributed by atoms with Gasteiger partial charge < -0.3 is 0 Å². The van der Waals surface area contributed by atoms with Gasteiger partial charge >= 0.3 is 0 Å². The van der Waals surface area contributed by atoms with Crippen LogP contribution < -0.4 is 0 Å². The van der Waals surface area contributed by atoms with E-state index in [1.54, 1.807) is 6.92 Å². The smallest absolute Gasteiger partial charge is 0.132 e. The molecule has 0 N–H and O–H groups in total.